The van der Waals surface area contributed by atoms with Gasteiger partial charge in [-0.25, -0.2) is 8.42 Å². The van der Waals surface area contributed by atoms with Crippen LogP contribution < -0.4 is 10.2 Å². The van der Waals surface area contributed by atoms with Crippen LogP contribution in [0.1, 0.15) is 0 Å². The summed E-state index contributed by atoms with van der Waals surface area (Å²) in [7, 11) is -8.38. The molecule has 0 saturated carbocycles. The van der Waals surface area contributed by atoms with Crippen LogP contribution in [-0.2, 0) is 20.0 Å². The number of nitrogens with one attached hydrogen (secondary N) is 1. The van der Waals surface area contributed by atoms with Crippen molar-refractivity contribution < 1.29 is 26.3 Å². The molecule has 0 amide bonds. The monoisotopic (exact) mass is 379 g/mol. The van der Waals surface area contributed by atoms with Gasteiger partial charge in [-0.1, -0.05) is 12.1 Å². The van der Waals surface area contributed by atoms with Crippen LogP contribution in [0.2, 0.25) is 0 Å². The van der Waals surface area contributed by atoms with Crippen molar-refractivity contribution in [3.8, 4) is 0 Å². The third-order valence-corrected chi connectivity index (χ3v) is 6.63. The second-order valence-corrected chi connectivity index (χ2v) is 9.10. The molecule has 1 aliphatic heterocycles. The van der Waals surface area contributed by atoms with Crippen LogP contribution in [0.3, 0.4) is 0 Å². The lowest BCUT2D eigenvalue weighted by molar-refractivity contribution is -0.384. The van der Waals surface area contributed by atoms with E-state index in [4.69, 9.17) is 4.55 Å². The largest absolute Gasteiger partial charge is 0.347 e. The maximum Gasteiger partial charge on any atom is 0.292 e. The summed E-state index contributed by atoms with van der Waals surface area (Å²) in [5, 5.41) is 12.9. The van der Waals surface area contributed by atoms with Gasteiger partial charge in [0, 0.05) is 25.7 Å². The number of hydrogen-bond donors (Lipinski definition) is 2. The molecule has 2 rings (SSSR count). The molecular formula is C12H17N3O7S2. The first kappa shape index (κ1) is 18.6. The van der Waals surface area contributed by atoms with E-state index in [2.05, 4.69) is 5.32 Å². The fourth-order valence-corrected chi connectivity index (χ4v) is 5.52. The van der Waals surface area contributed by atoms with Gasteiger partial charge in [-0.2, -0.15) is 8.42 Å². The van der Waals surface area contributed by atoms with Crippen molar-refractivity contribution in [2.45, 2.75) is 5.37 Å². The van der Waals surface area contributed by atoms with E-state index in [0.29, 0.717) is 6.54 Å². The summed E-state index contributed by atoms with van der Waals surface area (Å²) >= 11 is 0. The molecule has 1 aromatic rings. The highest BCUT2D eigenvalue weighted by Crippen LogP contribution is 2.31. The molecule has 1 heterocycles. The van der Waals surface area contributed by atoms with E-state index in [1.165, 1.54) is 23.1 Å². The van der Waals surface area contributed by atoms with Gasteiger partial charge in [0.15, 0.2) is 9.84 Å². The molecule has 1 unspecified atom stereocenters. The lowest BCUT2D eigenvalue weighted by atomic mass is 10.2. The Balaban J connectivity index is 2.37. The number of benzene rings is 1. The van der Waals surface area contributed by atoms with Crippen LogP contribution in [-0.4, -0.2) is 62.8 Å². The van der Waals surface area contributed by atoms with Crippen molar-refractivity contribution in [1.82, 2.24) is 5.32 Å². The van der Waals surface area contributed by atoms with Crippen molar-refractivity contribution in [2.75, 3.05) is 36.0 Å². The van der Waals surface area contributed by atoms with Crippen LogP contribution in [0.5, 0.6) is 0 Å². The van der Waals surface area contributed by atoms with Gasteiger partial charge in [0.2, 0.25) is 0 Å². The molecule has 1 aliphatic rings. The number of nitro benzene ring substituents is 1. The molecule has 1 fully saturated rings. The van der Waals surface area contributed by atoms with E-state index in [0.717, 1.165) is 0 Å². The quantitative estimate of drug-likeness (QED) is 0.384. The summed E-state index contributed by atoms with van der Waals surface area (Å²) in [6.07, 6.45) is 0. The predicted octanol–water partition coefficient (Wildman–Crippen LogP) is -0.367. The van der Waals surface area contributed by atoms with Crippen LogP contribution in [0.25, 0.3) is 0 Å². The van der Waals surface area contributed by atoms with Crippen molar-refractivity contribution in [3.05, 3.63) is 34.4 Å². The molecule has 134 valence electrons. The van der Waals surface area contributed by atoms with Crippen LogP contribution in [0.15, 0.2) is 24.3 Å². The fraction of sp³-hybridized carbons (Fsp3) is 0.500. The Kier molecular flexibility index (Phi) is 5.42. The maximum atomic E-state index is 12.5. The van der Waals surface area contributed by atoms with E-state index in [-0.39, 0.29) is 24.5 Å². The first-order valence-electron chi connectivity index (χ1n) is 6.99. The summed E-state index contributed by atoms with van der Waals surface area (Å²) in [5.41, 5.74) is -0.0705. The number of para-hydroxylation sites is 2. The van der Waals surface area contributed by atoms with Crippen molar-refractivity contribution in [2.24, 2.45) is 0 Å². The lowest BCUT2D eigenvalue weighted by Gasteiger charge is -2.36. The molecule has 0 bridgehead atoms. The third kappa shape index (κ3) is 4.41. The summed E-state index contributed by atoms with van der Waals surface area (Å²) in [5.74, 6) is -1.69. The minimum atomic E-state index is -4.43. The molecule has 0 spiro atoms. The normalized spacial score (nSPS) is 19.2. The molecule has 10 nitrogen and oxygen atoms in total. The molecule has 2 N–H and O–H groups in total. The van der Waals surface area contributed by atoms with E-state index in [1.807, 2.05) is 0 Å². The standard InChI is InChI=1S/C12H17N3O7S2/c16-15(17)11-4-2-1-3-10(11)14-6-5-13-9-12(14)23(18,19)7-8-24(20,21)22/h1-4,12-13H,5-9H2,(H,20,21,22). The zero-order chi connectivity index (χ0) is 18.0. The fourth-order valence-electron chi connectivity index (χ4n) is 2.49. The average molecular weight is 379 g/mol. The van der Waals surface area contributed by atoms with Gasteiger partial charge in [-0.05, 0) is 6.07 Å². The van der Waals surface area contributed by atoms with Gasteiger partial charge >= 0.3 is 0 Å². The Morgan fingerprint density at radius 1 is 1.25 bits per heavy atom. The molecule has 1 aromatic carbocycles. The third-order valence-electron chi connectivity index (χ3n) is 3.62. The highest BCUT2D eigenvalue weighted by molar-refractivity contribution is 7.93. The average Bonchev–Trinajstić information content (AvgIpc) is 2.52. The first-order valence-corrected chi connectivity index (χ1v) is 10.3. The summed E-state index contributed by atoms with van der Waals surface area (Å²) in [6, 6.07) is 5.77. The Morgan fingerprint density at radius 3 is 2.54 bits per heavy atom. The van der Waals surface area contributed by atoms with Crippen LogP contribution >= 0.6 is 0 Å². The van der Waals surface area contributed by atoms with Gasteiger partial charge in [-0.15, -0.1) is 0 Å². The Hall–Kier alpha value is -1.76. The number of anilines is 1. The topological polar surface area (TPSA) is 147 Å². The molecule has 0 aromatic heterocycles. The van der Waals surface area contributed by atoms with Gasteiger partial charge in [0.1, 0.15) is 11.1 Å². The molecular weight excluding hydrogens is 362 g/mol. The number of piperazine rings is 1. The van der Waals surface area contributed by atoms with Crippen molar-refractivity contribution in [1.29, 1.82) is 0 Å². The van der Waals surface area contributed by atoms with E-state index < -0.39 is 41.8 Å². The predicted molar refractivity (Wildman–Crippen MR) is 87.3 cm³/mol. The zero-order valence-electron chi connectivity index (χ0n) is 12.5. The summed E-state index contributed by atoms with van der Waals surface area (Å²) in [4.78, 5) is 12.0. The van der Waals surface area contributed by atoms with E-state index >= 15 is 0 Å². The Morgan fingerprint density at radius 2 is 1.92 bits per heavy atom. The first-order chi connectivity index (χ1) is 11.1. The SMILES string of the molecule is O=[N+]([O-])c1ccccc1N1CCNCC1S(=O)(=O)CCS(=O)(=O)O. The second kappa shape index (κ2) is 7.01. The van der Waals surface area contributed by atoms with Crippen molar-refractivity contribution in [3.63, 3.8) is 0 Å². The van der Waals surface area contributed by atoms with Gasteiger partial charge < -0.3 is 10.2 Å². The number of sulfone groups is 1. The minimum absolute atomic E-state index is 0.000141. The van der Waals surface area contributed by atoms with Crippen molar-refractivity contribution >= 4 is 31.3 Å². The highest BCUT2D eigenvalue weighted by atomic mass is 32.2. The van der Waals surface area contributed by atoms with E-state index in [1.54, 1.807) is 6.07 Å². The van der Waals surface area contributed by atoms with Crippen LogP contribution in [0.4, 0.5) is 11.4 Å². The van der Waals surface area contributed by atoms with Crippen LogP contribution in [0, 0.1) is 10.1 Å². The Labute approximate surface area is 139 Å². The number of hydrogen-bond acceptors (Lipinski definition) is 8. The second-order valence-electron chi connectivity index (χ2n) is 5.25. The molecule has 12 heteroatoms. The molecule has 0 radical (unpaired) electrons. The molecule has 0 aliphatic carbocycles. The summed E-state index contributed by atoms with van der Waals surface area (Å²) in [6.45, 7) is 0.636. The molecule has 24 heavy (non-hydrogen) atoms. The van der Waals surface area contributed by atoms with Gasteiger partial charge in [0.05, 0.1) is 16.4 Å². The summed E-state index contributed by atoms with van der Waals surface area (Å²) < 4.78 is 55.4. The van der Waals surface area contributed by atoms with Gasteiger partial charge in [0.25, 0.3) is 15.8 Å². The molecule has 1 atom stereocenters. The molecule has 1 saturated heterocycles. The highest BCUT2D eigenvalue weighted by Gasteiger charge is 2.36. The number of rotatable bonds is 6. The smallest absolute Gasteiger partial charge is 0.292 e. The lowest BCUT2D eigenvalue weighted by Crippen LogP contribution is -2.56. The Bertz CT molecular complexity index is 823. The zero-order valence-corrected chi connectivity index (χ0v) is 14.2. The van der Waals surface area contributed by atoms with E-state index in [9.17, 15) is 26.9 Å². The number of nitrogens with zero attached hydrogens (tertiary/aromatic N) is 2. The minimum Gasteiger partial charge on any atom is -0.347 e. The maximum absolute atomic E-state index is 12.5. The van der Waals surface area contributed by atoms with Gasteiger partial charge in [-0.3, -0.25) is 14.7 Å². The number of nitro groups is 1.